The smallest absolute Gasteiger partial charge is 0.147 e. The Balaban J connectivity index is 2.27. The highest BCUT2D eigenvalue weighted by atomic mass is 35.5. The van der Waals surface area contributed by atoms with Gasteiger partial charge in [-0.25, -0.2) is 4.98 Å². The first-order valence-electron chi connectivity index (χ1n) is 5.91. The van der Waals surface area contributed by atoms with Crippen LogP contribution in [0.2, 0.25) is 0 Å². The van der Waals surface area contributed by atoms with E-state index in [2.05, 4.69) is 28.7 Å². The van der Waals surface area contributed by atoms with Crippen LogP contribution in [-0.4, -0.2) is 22.1 Å². The molecule has 0 saturated carbocycles. The monoisotopic (exact) mass is 239 g/mol. The van der Waals surface area contributed by atoms with E-state index in [-0.39, 0.29) is 0 Å². The van der Waals surface area contributed by atoms with Gasteiger partial charge in [0, 0.05) is 18.3 Å². The molecule has 1 aliphatic heterocycles. The summed E-state index contributed by atoms with van der Waals surface area (Å²) in [5, 5.41) is 0. The van der Waals surface area contributed by atoms with E-state index in [1.165, 1.54) is 12.8 Å². The fourth-order valence-electron chi connectivity index (χ4n) is 2.47. The highest BCUT2D eigenvalue weighted by Crippen LogP contribution is 2.30. The van der Waals surface area contributed by atoms with Gasteiger partial charge in [-0.2, -0.15) is 0 Å². The molecule has 2 atom stereocenters. The van der Waals surface area contributed by atoms with E-state index in [0.717, 1.165) is 17.9 Å². The normalized spacial score (nSPS) is 25.1. The molecular weight excluding hydrogens is 222 g/mol. The standard InChI is InChI=1S/C12H18ClN3/c1-3-11-5-4-9(2)16(11)12-8-14-7-10(6-13)15-12/h7-9,11H,3-6H2,1-2H3. The van der Waals surface area contributed by atoms with Crippen LogP contribution in [0.3, 0.4) is 0 Å². The van der Waals surface area contributed by atoms with E-state index < -0.39 is 0 Å². The van der Waals surface area contributed by atoms with Gasteiger partial charge in [-0.3, -0.25) is 4.98 Å². The van der Waals surface area contributed by atoms with Crippen molar-refractivity contribution in [2.45, 2.75) is 51.1 Å². The van der Waals surface area contributed by atoms with Gasteiger partial charge in [0.2, 0.25) is 0 Å². The first kappa shape index (κ1) is 11.6. The van der Waals surface area contributed by atoms with Crippen molar-refractivity contribution in [2.24, 2.45) is 0 Å². The number of halogens is 1. The largest absolute Gasteiger partial charge is 0.350 e. The first-order valence-corrected chi connectivity index (χ1v) is 6.45. The Morgan fingerprint density at radius 3 is 2.94 bits per heavy atom. The molecule has 4 heteroatoms. The van der Waals surface area contributed by atoms with Crippen LogP contribution in [0, 0.1) is 0 Å². The fourth-order valence-corrected chi connectivity index (χ4v) is 2.60. The van der Waals surface area contributed by atoms with E-state index in [9.17, 15) is 0 Å². The Hall–Kier alpha value is -0.830. The lowest BCUT2D eigenvalue weighted by Gasteiger charge is -2.28. The summed E-state index contributed by atoms with van der Waals surface area (Å²) in [7, 11) is 0. The van der Waals surface area contributed by atoms with E-state index in [0.29, 0.717) is 18.0 Å². The zero-order chi connectivity index (χ0) is 11.5. The lowest BCUT2D eigenvalue weighted by Crippen LogP contribution is -2.35. The minimum absolute atomic E-state index is 0.430. The molecule has 1 aromatic heterocycles. The molecule has 0 amide bonds. The van der Waals surface area contributed by atoms with Gasteiger partial charge in [0.1, 0.15) is 5.82 Å². The third-order valence-electron chi connectivity index (χ3n) is 3.33. The molecule has 0 aromatic carbocycles. The van der Waals surface area contributed by atoms with Gasteiger partial charge >= 0.3 is 0 Å². The van der Waals surface area contributed by atoms with Crippen LogP contribution in [0.15, 0.2) is 12.4 Å². The number of nitrogens with zero attached hydrogens (tertiary/aromatic N) is 3. The summed E-state index contributed by atoms with van der Waals surface area (Å²) in [6.07, 6.45) is 7.24. The molecule has 0 spiro atoms. The summed E-state index contributed by atoms with van der Waals surface area (Å²) in [4.78, 5) is 11.2. The summed E-state index contributed by atoms with van der Waals surface area (Å²) >= 11 is 5.79. The minimum atomic E-state index is 0.430. The zero-order valence-electron chi connectivity index (χ0n) is 9.86. The number of rotatable bonds is 3. The Labute approximate surface area is 102 Å². The van der Waals surface area contributed by atoms with Crippen molar-refractivity contribution in [3.05, 3.63) is 18.1 Å². The quantitative estimate of drug-likeness (QED) is 0.760. The summed E-state index contributed by atoms with van der Waals surface area (Å²) in [5.74, 6) is 1.41. The van der Waals surface area contributed by atoms with Crippen LogP contribution in [0.4, 0.5) is 5.82 Å². The first-order chi connectivity index (χ1) is 7.76. The zero-order valence-corrected chi connectivity index (χ0v) is 10.6. The summed E-state index contributed by atoms with van der Waals surface area (Å²) in [5.41, 5.74) is 0.855. The van der Waals surface area contributed by atoms with Gasteiger partial charge in [0.05, 0.1) is 17.8 Å². The number of hydrogen-bond acceptors (Lipinski definition) is 3. The number of alkyl halides is 1. The Kier molecular flexibility index (Phi) is 3.64. The van der Waals surface area contributed by atoms with Gasteiger partial charge in [-0.05, 0) is 26.2 Å². The second-order valence-corrected chi connectivity index (χ2v) is 4.67. The van der Waals surface area contributed by atoms with Gasteiger partial charge in [0.15, 0.2) is 0 Å². The predicted molar refractivity (Wildman–Crippen MR) is 66.8 cm³/mol. The molecule has 0 N–H and O–H groups in total. The molecule has 1 saturated heterocycles. The summed E-state index contributed by atoms with van der Waals surface area (Å²) < 4.78 is 0. The van der Waals surface area contributed by atoms with Crippen molar-refractivity contribution < 1.29 is 0 Å². The SMILES string of the molecule is CCC1CCC(C)N1c1cncc(CCl)n1. The number of anilines is 1. The molecule has 3 nitrogen and oxygen atoms in total. The molecule has 0 bridgehead atoms. The maximum Gasteiger partial charge on any atom is 0.147 e. The lowest BCUT2D eigenvalue weighted by atomic mass is 10.1. The van der Waals surface area contributed by atoms with Crippen LogP contribution in [0.1, 0.15) is 38.8 Å². The molecule has 88 valence electrons. The van der Waals surface area contributed by atoms with E-state index in [4.69, 9.17) is 11.6 Å². The molecule has 16 heavy (non-hydrogen) atoms. The topological polar surface area (TPSA) is 29.0 Å². The van der Waals surface area contributed by atoms with Crippen LogP contribution < -0.4 is 4.90 Å². The predicted octanol–water partition coefficient (Wildman–Crippen LogP) is 2.98. The highest BCUT2D eigenvalue weighted by Gasteiger charge is 2.30. The van der Waals surface area contributed by atoms with Crippen LogP contribution in [0.25, 0.3) is 0 Å². The molecule has 1 aromatic rings. The van der Waals surface area contributed by atoms with Crippen LogP contribution in [0.5, 0.6) is 0 Å². The molecule has 2 unspecified atom stereocenters. The third-order valence-corrected chi connectivity index (χ3v) is 3.60. The minimum Gasteiger partial charge on any atom is -0.350 e. The third kappa shape index (κ3) is 2.14. The van der Waals surface area contributed by atoms with Crippen molar-refractivity contribution in [2.75, 3.05) is 4.90 Å². The molecule has 1 fully saturated rings. The average molecular weight is 240 g/mol. The average Bonchev–Trinajstić information content (AvgIpc) is 2.70. The second-order valence-electron chi connectivity index (χ2n) is 4.40. The van der Waals surface area contributed by atoms with Gasteiger partial charge in [-0.15, -0.1) is 11.6 Å². The van der Waals surface area contributed by atoms with Crippen molar-refractivity contribution in [1.82, 2.24) is 9.97 Å². The summed E-state index contributed by atoms with van der Waals surface area (Å²) in [6, 6.07) is 1.17. The second kappa shape index (κ2) is 5.00. The maximum absolute atomic E-state index is 5.79. The van der Waals surface area contributed by atoms with Gasteiger partial charge in [0.25, 0.3) is 0 Å². The molecule has 2 rings (SSSR count). The molecule has 1 aliphatic rings. The Morgan fingerprint density at radius 2 is 2.25 bits per heavy atom. The Morgan fingerprint density at radius 1 is 1.44 bits per heavy atom. The van der Waals surface area contributed by atoms with Gasteiger partial charge in [-0.1, -0.05) is 6.92 Å². The molecule has 0 radical (unpaired) electrons. The van der Waals surface area contributed by atoms with E-state index >= 15 is 0 Å². The number of aromatic nitrogens is 2. The van der Waals surface area contributed by atoms with Crippen molar-refractivity contribution in [3.8, 4) is 0 Å². The maximum atomic E-state index is 5.79. The van der Waals surface area contributed by atoms with Crippen LogP contribution in [-0.2, 0) is 5.88 Å². The summed E-state index contributed by atoms with van der Waals surface area (Å²) in [6.45, 7) is 4.49. The highest BCUT2D eigenvalue weighted by molar-refractivity contribution is 6.16. The lowest BCUT2D eigenvalue weighted by molar-refractivity contribution is 0.619. The van der Waals surface area contributed by atoms with E-state index in [1.807, 2.05) is 6.20 Å². The van der Waals surface area contributed by atoms with Gasteiger partial charge < -0.3 is 4.90 Å². The molecule has 2 heterocycles. The van der Waals surface area contributed by atoms with Crippen molar-refractivity contribution >= 4 is 17.4 Å². The molecular formula is C12H18ClN3. The molecule has 0 aliphatic carbocycles. The van der Waals surface area contributed by atoms with Crippen LogP contribution >= 0.6 is 11.6 Å². The number of hydrogen-bond donors (Lipinski definition) is 0. The Bertz CT molecular complexity index is 356. The fraction of sp³-hybridized carbons (Fsp3) is 0.667. The van der Waals surface area contributed by atoms with Crippen molar-refractivity contribution in [3.63, 3.8) is 0 Å². The van der Waals surface area contributed by atoms with Crippen molar-refractivity contribution in [1.29, 1.82) is 0 Å². The van der Waals surface area contributed by atoms with E-state index in [1.54, 1.807) is 6.20 Å².